The molecule has 0 saturated heterocycles. The monoisotopic (exact) mass is 124 g/mol. The average Bonchev–Trinajstić information content (AvgIpc) is 1.80. The lowest BCUT2D eigenvalue weighted by Crippen LogP contribution is -2.11. The molecule has 0 aliphatic heterocycles. The zero-order chi connectivity index (χ0) is 6.85. The first kappa shape index (κ1) is 6.56. The molecule has 0 aromatic carbocycles. The first-order valence-electron chi connectivity index (χ1n) is 3.24. The van der Waals surface area contributed by atoms with E-state index in [1.807, 2.05) is 13.0 Å². The maximum absolute atomic E-state index is 9.19. The molecule has 0 fully saturated rings. The lowest BCUT2D eigenvalue weighted by atomic mass is 9.95. The quantitative estimate of drug-likeness (QED) is 0.520. The van der Waals surface area contributed by atoms with Crippen LogP contribution in [0, 0.1) is 0 Å². The topological polar surface area (TPSA) is 20.2 Å². The third-order valence-electron chi connectivity index (χ3n) is 1.70. The highest BCUT2D eigenvalue weighted by Crippen LogP contribution is 2.20. The molecule has 1 aliphatic rings. The fourth-order valence-electron chi connectivity index (χ4n) is 1.04. The lowest BCUT2D eigenvalue weighted by molar-refractivity contribution is 0.197. The van der Waals surface area contributed by atoms with Crippen LogP contribution < -0.4 is 0 Å². The highest BCUT2D eigenvalue weighted by Gasteiger charge is 2.11. The fourth-order valence-corrected chi connectivity index (χ4v) is 1.04. The van der Waals surface area contributed by atoms with Crippen LogP contribution in [0.25, 0.3) is 0 Å². The standard InChI is InChI=1S/C8H12O/c1-6-3-4-8(9)7(2)5-6/h5,8-9H,1,3-4H2,2H3. The first-order chi connectivity index (χ1) is 4.20. The van der Waals surface area contributed by atoms with Gasteiger partial charge in [-0.05, 0) is 25.3 Å². The van der Waals surface area contributed by atoms with Crippen LogP contribution in [-0.4, -0.2) is 11.2 Å². The van der Waals surface area contributed by atoms with Crippen LogP contribution in [0.2, 0.25) is 0 Å². The van der Waals surface area contributed by atoms with Gasteiger partial charge in [0.25, 0.3) is 0 Å². The summed E-state index contributed by atoms with van der Waals surface area (Å²) in [5.74, 6) is 0. The van der Waals surface area contributed by atoms with Crippen LogP contribution in [0.15, 0.2) is 23.8 Å². The van der Waals surface area contributed by atoms with Crippen LogP contribution in [0.3, 0.4) is 0 Å². The summed E-state index contributed by atoms with van der Waals surface area (Å²) in [6.45, 7) is 5.75. The van der Waals surface area contributed by atoms with E-state index in [0.29, 0.717) is 0 Å². The Labute approximate surface area is 55.7 Å². The van der Waals surface area contributed by atoms with Crippen molar-refractivity contribution in [3.8, 4) is 0 Å². The first-order valence-corrected chi connectivity index (χ1v) is 3.24. The summed E-state index contributed by atoms with van der Waals surface area (Å²) in [5.41, 5.74) is 2.18. The fraction of sp³-hybridized carbons (Fsp3) is 0.500. The van der Waals surface area contributed by atoms with E-state index >= 15 is 0 Å². The van der Waals surface area contributed by atoms with E-state index < -0.39 is 0 Å². The molecule has 0 heterocycles. The van der Waals surface area contributed by atoms with E-state index in [2.05, 4.69) is 6.58 Å². The predicted molar refractivity (Wildman–Crippen MR) is 38.1 cm³/mol. The minimum Gasteiger partial charge on any atom is -0.389 e. The molecule has 1 aliphatic carbocycles. The summed E-state index contributed by atoms with van der Waals surface area (Å²) in [5, 5.41) is 9.19. The molecule has 1 heteroatoms. The summed E-state index contributed by atoms with van der Waals surface area (Å²) >= 11 is 0. The van der Waals surface area contributed by atoms with Crippen LogP contribution in [0.5, 0.6) is 0 Å². The molecule has 0 saturated carbocycles. The molecule has 0 bridgehead atoms. The molecule has 1 unspecified atom stereocenters. The molecule has 0 aromatic heterocycles. The van der Waals surface area contributed by atoms with Crippen molar-refractivity contribution in [3.63, 3.8) is 0 Å². The third kappa shape index (κ3) is 1.42. The number of rotatable bonds is 0. The van der Waals surface area contributed by atoms with Crippen LogP contribution >= 0.6 is 0 Å². The number of hydrogen-bond donors (Lipinski definition) is 1. The predicted octanol–water partition coefficient (Wildman–Crippen LogP) is 1.64. The Balaban J connectivity index is 2.72. The second kappa shape index (κ2) is 2.36. The molecule has 1 nitrogen and oxygen atoms in total. The van der Waals surface area contributed by atoms with E-state index in [1.165, 1.54) is 0 Å². The normalized spacial score (nSPS) is 28.0. The van der Waals surface area contributed by atoms with E-state index in [0.717, 1.165) is 24.0 Å². The van der Waals surface area contributed by atoms with Crippen LogP contribution in [-0.2, 0) is 0 Å². The summed E-state index contributed by atoms with van der Waals surface area (Å²) in [4.78, 5) is 0. The second-order valence-electron chi connectivity index (χ2n) is 2.60. The molecule has 50 valence electrons. The Morgan fingerprint density at radius 1 is 1.78 bits per heavy atom. The maximum Gasteiger partial charge on any atom is 0.0753 e. The van der Waals surface area contributed by atoms with Gasteiger partial charge in [-0.3, -0.25) is 0 Å². The smallest absolute Gasteiger partial charge is 0.0753 e. The highest BCUT2D eigenvalue weighted by atomic mass is 16.3. The highest BCUT2D eigenvalue weighted by molar-refractivity contribution is 5.25. The van der Waals surface area contributed by atoms with Gasteiger partial charge >= 0.3 is 0 Å². The zero-order valence-electron chi connectivity index (χ0n) is 5.72. The van der Waals surface area contributed by atoms with Gasteiger partial charge in [0, 0.05) is 0 Å². The van der Waals surface area contributed by atoms with E-state index in [9.17, 15) is 5.11 Å². The van der Waals surface area contributed by atoms with Crippen molar-refractivity contribution >= 4 is 0 Å². The van der Waals surface area contributed by atoms with Crippen molar-refractivity contribution in [2.75, 3.05) is 0 Å². The Bertz CT molecular complexity index is 156. The minimum absolute atomic E-state index is 0.213. The molecular weight excluding hydrogens is 112 g/mol. The van der Waals surface area contributed by atoms with E-state index in [-0.39, 0.29) is 6.10 Å². The van der Waals surface area contributed by atoms with Gasteiger partial charge in [-0.25, -0.2) is 0 Å². The molecule has 1 rings (SSSR count). The van der Waals surface area contributed by atoms with Gasteiger partial charge in [-0.2, -0.15) is 0 Å². The Kier molecular flexibility index (Phi) is 1.72. The van der Waals surface area contributed by atoms with Crippen molar-refractivity contribution in [2.24, 2.45) is 0 Å². The maximum atomic E-state index is 9.19. The van der Waals surface area contributed by atoms with Crippen molar-refractivity contribution < 1.29 is 5.11 Å². The number of hydrogen-bond acceptors (Lipinski definition) is 1. The Hall–Kier alpha value is -0.560. The van der Waals surface area contributed by atoms with Gasteiger partial charge in [0.15, 0.2) is 0 Å². The molecule has 0 amide bonds. The number of allylic oxidation sites excluding steroid dienone is 2. The molecule has 1 N–H and O–H groups in total. The van der Waals surface area contributed by atoms with E-state index in [1.54, 1.807) is 0 Å². The van der Waals surface area contributed by atoms with Gasteiger partial charge in [-0.15, -0.1) is 0 Å². The average molecular weight is 124 g/mol. The number of aliphatic hydroxyl groups is 1. The van der Waals surface area contributed by atoms with Crippen molar-refractivity contribution in [2.45, 2.75) is 25.9 Å². The molecule has 0 aromatic rings. The third-order valence-corrected chi connectivity index (χ3v) is 1.70. The zero-order valence-corrected chi connectivity index (χ0v) is 5.72. The Morgan fingerprint density at radius 3 is 2.89 bits per heavy atom. The molecular formula is C8H12O. The summed E-state index contributed by atoms with van der Waals surface area (Å²) in [6, 6.07) is 0. The lowest BCUT2D eigenvalue weighted by Gasteiger charge is -2.16. The summed E-state index contributed by atoms with van der Waals surface area (Å²) < 4.78 is 0. The van der Waals surface area contributed by atoms with Crippen molar-refractivity contribution in [1.29, 1.82) is 0 Å². The minimum atomic E-state index is -0.213. The summed E-state index contributed by atoms with van der Waals surface area (Å²) in [6.07, 6.45) is 3.55. The largest absolute Gasteiger partial charge is 0.389 e. The van der Waals surface area contributed by atoms with Gasteiger partial charge in [0.05, 0.1) is 6.10 Å². The van der Waals surface area contributed by atoms with Gasteiger partial charge in [0.2, 0.25) is 0 Å². The molecule has 1 atom stereocenters. The molecule has 0 spiro atoms. The Morgan fingerprint density at radius 2 is 2.44 bits per heavy atom. The SMILES string of the molecule is C=C1C=C(C)C(O)CC1. The molecule has 0 radical (unpaired) electrons. The second-order valence-corrected chi connectivity index (χ2v) is 2.60. The van der Waals surface area contributed by atoms with E-state index in [4.69, 9.17) is 0 Å². The number of aliphatic hydroxyl groups excluding tert-OH is 1. The van der Waals surface area contributed by atoms with Crippen LogP contribution in [0.4, 0.5) is 0 Å². The summed E-state index contributed by atoms with van der Waals surface area (Å²) in [7, 11) is 0. The van der Waals surface area contributed by atoms with Crippen molar-refractivity contribution in [3.05, 3.63) is 23.8 Å². The molecule has 9 heavy (non-hydrogen) atoms. The van der Waals surface area contributed by atoms with Gasteiger partial charge < -0.3 is 5.11 Å². The van der Waals surface area contributed by atoms with Gasteiger partial charge in [-0.1, -0.05) is 18.2 Å². The van der Waals surface area contributed by atoms with Crippen LogP contribution in [0.1, 0.15) is 19.8 Å². The van der Waals surface area contributed by atoms with Crippen molar-refractivity contribution in [1.82, 2.24) is 0 Å². The van der Waals surface area contributed by atoms with Gasteiger partial charge in [0.1, 0.15) is 0 Å².